The summed E-state index contributed by atoms with van der Waals surface area (Å²) >= 11 is 5.96. The van der Waals surface area contributed by atoms with Gasteiger partial charge in [0.2, 0.25) is 5.91 Å². The van der Waals surface area contributed by atoms with Gasteiger partial charge in [-0.05, 0) is 18.1 Å². The van der Waals surface area contributed by atoms with Gasteiger partial charge in [0.25, 0.3) is 0 Å². The summed E-state index contributed by atoms with van der Waals surface area (Å²) in [5, 5.41) is 4.26. The first-order chi connectivity index (χ1) is 10.2. The number of carbonyl (C=O) groups excluding carboxylic acids is 2. The van der Waals surface area contributed by atoms with Crippen LogP contribution in [0.3, 0.4) is 0 Å². The first kappa shape index (κ1) is 18.1. The van der Waals surface area contributed by atoms with Crippen molar-refractivity contribution in [3.63, 3.8) is 0 Å². The highest BCUT2D eigenvalue weighted by molar-refractivity contribution is 6.31. The van der Waals surface area contributed by atoms with Crippen molar-refractivity contribution >= 4 is 23.5 Å². The number of rotatable bonds is 6. The van der Waals surface area contributed by atoms with Crippen molar-refractivity contribution < 1.29 is 22.8 Å². The van der Waals surface area contributed by atoms with Gasteiger partial charge in [0.05, 0.1) is 5.92 Å². The van der Waals surface area contributed by atoms with Crippen molar-refractivity contribution in [2.45, 2.75) is 12.6 Å². The van der Waals surface area contributed by atoms with E-state index in [1.165, 1.54) is 0 Å². The van der Waals surface area contributed by atoms with E-state index in [2.05, 4.69) is 5.32 Å². The Hall–Kier alpha value is -1.96. The molecule has 1 aromatic rings. The lowest BCUT2D eigenvalue weighted by Gasteiger charge is -2.16. The predicted octanol–water partition coefficient (Wildman–Crippen LogP) is 1.85. The molecule has 9 heteroatoms. The maximum Gasteiger partial charge on any atom is 0.405 e. The smallest absolute Gasteiger partial charge is 0.369 e. The summed E-state index contributed by atoms with van der Waals surface area (Å²) in [5.74, 6) is -1.47. The molecule has 0 heterocycles. The van der Waals surface area contributed by atoms with Gasteiger partial charge in [-0.1, -0.05) is 29.8 Å². The zero-order chi connectivity index (χ0) is 16.8. The number of carbonyl (C=O) groups is 2. The van der Waals surface area contributed by atoms with Crippen molar-refractivity contribution in [3.05, 3.63) is 34.9 Å². The SMILES string of the molecule is NC(=O)[C@H](CNC(=O)NCC(F)(F)F)Cc1ccccc1Cl. The second kappa shape index (κ2) is 7.88. The van der Waals surface area contributed by atoms with Crippen molar-refractivity contribution in [2.75, 3.05) is 13.1 Å². The van der Waals surface area contributed by atoms with Gasteiger partial charge in [0.15, 0.2) is 0 Å². The van der Waals surface area contributed by atoms with Gasteiger partial charge in [-0.15, -0.1) is 0 Å². The van der Waals surface area contributed by atoms with Gasteiger partial charge < -0.3 is 16.4 Å². The molecule has 0 radical (unpaired) electrons. The van der Waals surface area contributed by atoms with E-state index in [4.69, 9.17) is 17.3 Å². The maximum absolute atomic E-state index is 11.9. The molecule has 0 aliphatic carbocycles. The zero-order valence-electron chi connectivity index (χ0n) is 11.4. The fourth-order valence-corrected chi connectivity index (χ4v) is 1.87. The normalized spacial score (nSPS) is 12.5. The second-order valence-corrected chi connectivity index (χ2v) is 4.98. The standard InChI is InChI=1S/C13H15ClF3N3O2/c14-10-4-2-1-3-8(10)5-9(11(18)21)6-19-12(22)20-7-13(15,16)17/h1-4,9H,5-7H2,(H2,18,21)(H2,19,20,22)/t9-/m0/s1. The van der Waals surface area contributed by atoms with Crippen LogP contribution in [0, 0.1) is 5.92 Å². The number of urea groups is 1. The maximum atomic E-state index is 11.9. The van der Waals surface area contributed by atoms with Crippen LogP contribution in [0.1, 0.15) is 5.56 Å². The Morgan fingerprint density at radius 3 is 2.41 bits per heavy atom. The highest BCUT2D eigenvalue weighted by atomic mass is 35.5. The fourth-order valence-electron chi connectivity index (χ4n) is 1.66. The third-order valence-electron chi connectivity index (χ3n) is 2.78. The molecule has 1 aromatic carbocycles. The topological polar surface area (TPSA) is 84.2 Å². The summed E-state index contributed by atoms with van der Waals surface area (Å²) in [6.45, 7) is -1.64. The molecule has 1 atom stereocenters. The summed E-state index contributed by atoms with van der Waals surface area (Å²) in [7, 11) is 0. The zero-order valence-corrected chi connectivity index (χ0v) is 12.2. The molecule has 3 amide bonds. The van der Waals surface area contributed by atoms with Gasteiger partial charge in [-0.2, -0.15) is 13.2 Å². The average Bonchev–Trinajstić information content (AvgIpc) is 2.42. The lowest BCUT2D eigenvalue weighted by Crippen LogP contribution is -2.44. The average molecular weight is 338 g/mol. The molecule has 0 aliphatic heterocycles. The van der Waals surface area contributed by atoms with Crippen molar-refractivity contribution in [1.82, 2.24) is 10.6 Å². The molecule has 0 saturated heterocycles. The Bertz CT molecular complexity index is 538. The molecule has 0 fully saturated rings. The molecule has 0 aliphatic rings. The number of amides is 3. The van der Waals surface area contributed by atoms with E-state index in [1.807, 2.05) is 0 Å². The van der Waals surface area contributed by atoms with Crippen LogP contribution in [0.5, 0.6) is 0 Å². The number of primary amides is 1. The monoisotopic (exact) mass is 337 g/mol. The number of alkyl halides is 3. The van der Waals surface area contributed by atoms with Gasteiger partial charge in [-0.25, -0.2) is 4.79 Å². The number of halogens is 4. The van der Waals surface area contributed by atoms with Crippen LogP contribution >= 0.6 is 11.6 Å². The number of nitrogens with one attached hydrogen (secondary N) is 2. The quantitative estimate of drug-likeness (QED) is 0.740. The highest BCUT2D eigenvalue weighted by Crippen LogP contribution is 2.18. The highest BCUT2D eigenvalue weighted by Gasteiger charge is 2.28. The van der Waals surface area contributed by atoms with Crippen LogP contribution in [0.15, 0.2) is 24.3 Å². The van der Waals surface area contributed by atoms with E-state index >= 15 is 0 Å². The van der Waals surface area contributed by atoms with Crippen LogP contribution in [-0.4, -0.2) is 31.2 Å². The Kier molecular flexibility index (Phi) is 6.48. The van der Waals surface area contributed by atoms with Gasteiger partial charge in [0, 0.05) is 11.6 Å². The molecule has 4 N–H and O–H groups in total. The van der Waals surface area contributed by atoms with Gasteiger partial charge in [0.1, 0.15) is 6.54 Å². The molecule has 5 nitrogen and oxygen atoms in total. The lowest BCUT2D eigenvalue weighted by molar-refractivity contribution is -0.123. The molecule has 0 bridgehead atoms. The summed E-state index contributed by atoms with van der Waals surface area (Å²) < 4.78 is 35.8. The van der Waals surface area contributed by atoms with Crippen LogP contribution < -0.4 is 16.4 Å². The first-order valence-electron chi connectivity index (χ1n) is 6.30. The van der Waals surface area contributed by atoms with E-state index in [9.17, 15) is 22.8 Å². The number of hydrogen-bond donors (Lipinski definition) is 3. The minimum absolute atomic E-state index is 0.175. The van der Waals surface area contributed by atoms with Crippen molar-refractivity contribution in [3.8, 4) is 0 Å². The largest absolute Gasteiger partial charge is 0.405 e. The Labute approximate surface area is 130 Å². The van der Waals surface area contributed by atoms with Gasteiger partial charge >= 0.3 is 12.2 Å². The van der Waals surface area contributed by atoms with E-state index < -0.39 is 30.6 Å². The van der Waals surface area contributed by atoms with E-state index in [-0.39, 0.29) is 13.0 Å². The number of benzene rings is 1. The molecule has 22 heavy (non-hydrogen) atoms. The predicted molar refractivity (Wildman–Crippen MR) is 75.3 cm³/mol. The van der Waals surface area contributed by atoms with Crippen molar-refractivity contribution in [2.24, 2.45) is 11.7 Å². The van der Waals surface area contributed by atoms with Crippen molar-refractivity contribution in [1.29, 1.82) is 0 Å². The molecule has 0 saturated carbocycles. The van der Waals surface area contributed by atoms with E-state index in [0.29, 0.717) is 10.6 Å². The summed E-state index contributed by atoms with van der Waals surface area (Å²) in [5.41, 5.74) is 5.89. The number of hydrogen-bond acceptors (Lipinski definition) is 2. The minimum Gasteiger partial charge on any atom is -0.369 e. The number of nitrogens with two attached hydrogens (primary N) is 1. The molecule has 0 spiro atoms. The minimum atomic E-state index is -4.50. The first-order valence-corrected chi connectivity index (χ1v) is 6.68. The third kappa shape index (κ3) is 6.66. The van der Waals surface area contributed by atoms with Crippen LogP contribution in [0.25, 0.3) is 0 Å². The summed E-state index contributed by atoms with van der Waals surface area (Å²) in [4.78, 5) is 22.6. The summed E-state index contributed by atoms with van der Waals surface area (Å²) in [6.07, 6.45) is -4.33. The molecule has 0 unspecified atom stereocenters. The molecular weight excluding hydrogens is 323 g/mol. The lowest BCUT2D eigenvalue weighted by atomic mass is 9.98. The van der Waals surface area contributed by atoms with E-state index in [1.54, 1.807) is 29.6 Å². The fraction of sp³-hybridized carbons (Fsp3) is 0.385. The summed E-state index contributed by atoms with van der Waals surface area (Å²) in [6, 6.07) is 5.75. The van der Waals surface area contributed by atoms with E-state index in [0.717, 1.165) is 0 Å². The molecule has 0 aromatic heterocycles. The molecule has 1 rings (SSSR count). The molecular formula is C13H15ClF3N3O2. The Balaban J connectivity index is 2.54. The second-order valence-electron chi connectivity index (χ2n) is 4.57. The van der Waals surface area contributed by atoms with Crippen LogP contribution in [0.2, 0.25) is 5.02 Å². The Morgan fingerprint density at radius 1 is 1.23 bits per heavy atom. The van der Waals surface area contributed by atoms with Gasteiger partial charge in [-0.3, -0.25) is 4.79 Å². The third-order valence-corrected chi connectivity index (χ3v) is 3.15. The molecule has 122 valence electrons. The Morgan fingerprint density at radius 2 is 1.86 bits per heavy atom. The van der Waals surface area contributed by atoms with Crippen LogP contribution in [-0.2, 0) is 11.2 Å². The van der Waals surface area contributed by atoms with Crippen LogP contribution in [0.4, 0.5) is 18.0 Å².